The normalized spacial score (nSPS) is 17.5. The molecule has 0 bridgehead atoms. The molecular formula is C12H20ClN3. The van der Waals surface area contributed by atoms with Gasteiger partial charge in [-0.05, 0) is 23.9 Å². The lowest BCUT2D eigenvalue weighted by molar-refractivity contribution is 0.448. The third-order valence-electron chi connectivity index (χ3n) is 3.49. The molecule has 0 aromatic carbocycles. The number of nitrogens with zero attached hydrogens (tertiary/aromatic N) is 3. The summed E-state index contributed by atoms with van der Waals surface area (Å²) in [4.78, 5) is 0. The first-order valence-electron chi connectivity index (χ1n) is 6.27. The Labute approximate surface area is 102 Å². The van der Waals surface area contributed by atoms with Crippen molar-refractivity contribution in [2.45, 2.75) is 58.4 Å². The Hall–Kier alpha value is -0.570. The number of aromatic nitrogens is 3. The van der Waals surface area contributed by atoms with E-state index < -0.39 is 0 Å². The highest BCUT2D eigenvalue weighted by Gasteiger charge is 2.18. The topological polar surface area (TPSA) is 30.7 Å². The summed E-state index contributed by atoms with van der Waals surface area (Å²) in [5.74, 6) is 2.30. The molecule has 3 nitrogen and oxygen atoms in total. The van der Waals surface area contributed by atoms with Gasteiger partial charge in [-0.15, -0.1) is 10.2 Å². The maximum Gasteiger partial charge on any atom is 0.225 e. The fraction of sp³-hybridized carbons (Fsp3) is 0.833. The average molecular weight is 242 g/mol. The van der Waals surface area contributed by atoms with Crippen molar-refractivity contribution in [3.8, 4) is 0 Å². The van der Waals surface area contributed by atoms with Crippen LogP contribution < -0.4 is 0 Å². The molecular weight excluding hydrogens is 222 g/mol. The molecule has 4 heteroatoms. The van der Waals surface area contributed by atoms with Crippen LogP contribution in [0.15, 0.2) is 0 Å². The molecule has 1 saturated carbocycles. The van der Waals surface area contributed by atoms with Gasteiger partial charge < -0.3 is 4.57 Å². The Kier molecular flexibility index (Phi) is 3.85. The molecule has 0 N–H and O–H groups in total. The molecule has 1 fully saturated rings. The van der Waals surface area contributed by atoms with Crippen molar-refractivity contribution in [3.05, 3.63) is 11.1 Å². The predicted octanol–water partition coefficient (Wildman–Crippen LogP) is 3.64. The maximum atomic E-state index is 6.06. The van der Waals surface area contributed by atoms with Gasteiger partial charge in [0.1, 0.15) is 5.82 Å². The average Bonchev–Trinajstić information content (AvgIpc) is 2.84. The van der Waals surface area contributed by atoms with Crippen LogP contribution >= 0.6 is 11.6 Å². The molecule has 16 heavy (non-hydrogen) atoms. The van der Waals surface area contributed by atoms with E-state index in [-0.39, 0.29) is 0 Å². The molecule has 0 unspecified atom stereocenters. The van der Waals surface area contributed by atoms with Crippen molar-refractivity contribution in [1.82, 2.24) is 14.8 Å². The minimum Gasteiger partial charge on any atom is -0.302 e. The minimum atomic E-state index is 0.392. The standard InChI is InChI=1S/C12H20ClN3/c1-9(2)11-14-15-12(13)16(11)8-7-10-5-3-4-6-10/h9-10H,3-8H2,1-2H3. The lowest BCUT2D eigenvalue weighted by Gasteiger charge is -2.13. The first kappa shape index (κ1) is 11.9. The fourth-order valence-corrected chi connectivity index (χ4v) is 2.75. The van der Waals surface area contributed by atoms with Crippen molar-refractivity contribution in [1.29, 1.82) is 0 Å². The predicted molar refractivity (Wildman–Crippen MR) is 65.7 cm³/mol. The molecule has 90 valence electrons. The van der Waals surface area contributed by atoms with Gasteiger partial charge in [0.05, 0.1) is 0 Å². The smallest absolute Gasteiger partial charge is 0.225 e. The quantitative estimate of drug-likeness (QED) is 0.806. The van der Waals surface area contributed by atoms with E-state index in [0.717, 1.165) is 18.3 Å². The zero-order valence-electron chi connectivity index (χ0n) is 10.1. The van der Waals surface area contributed by atoms with E-state index in [1.807, 2.05) is 0 Å². The summed E-state index contributed by atoms with van der Waals surface area (Å²) >= 11 is 6.06. The molecule has 1 aliphatic rings. The molecule has 1 aromatic rings. The summed E-state index contributed by atoms with van der Waals surface area (Å²) in [6.07, 6.45) is 6.79. The Morgan fingerprint density at radius 2 is 2.00 bits per heavy atom. The van der Waals surface area contributed by atoms with E-state index in [1.165, 1.54) is 32.1 Å². The van der Waals surface area contributed by atoms with Crippen molar-refractivity contribution >= 4 is 11.6 Å². The van der Waals surface area contributed by atoms with Crippen LogP contribution in [0.3, 0.4) is 0 Å². The molecule has 1 aliphatic carbocycles. The summed E-state index contributed by atoms with van der Waals surface area (Å²) in [6.45, 7) is 5.24. The van der Waals surface area contributed by atoms with Crippen molar-refractivity contribution < 1.29 is 0 Å². The first-order valence-corrected chi connectivity index (χ1v) is 6.65. The van der Waals surface area contributed by atoms with Crippen molar-refractivity contribution in [3.63, 3.8) is 0 Å². The molecule has 0 amide bonds. The van der Waals surface area contributed by atoms with Crippen LogP contribution in [-0.2, 0) is 6.54 Å². The third-order valence-corrected chi connectivity index (χ3v) is 3.77. The summed E-state index contributed by atoms with van der Waals surface area (Å²) in [7, 11) is 0. The molecule has 0 aliphatic heterocycles. The summed E-state index contributed by atoms with van der Waals surface area (Å²) in [6, 6.07) is 0. The number of rotatable bonds is 4. The molecule has 0 spiro atoms. The van der Waals surface area contributed by atoms with Crippen LogP contribution in [0.5, 0.6) is 0 Å². The molecule has 1 heterocycles. The van der Waals surface area contributed by atoms with Crippen LogP contribution in [0, 0.1) is 5.92 Å². The van der Waals surface area contributed by atoms with Crippen LogP contribution in [-0.4, -0.2) is 14.8 Å². The highest BCUT2D eigenvalue weighted by molar-refractivity contribution is 6.28. The zero-order chi connectivity index (χ0) is 11.5. The van der Waals surface area contributed by atoms with E-state index in [4.69, 9.17) is 11.6 Å². The van der Waals surface area contributed by atoms with Gasteiger partial charge >= 0.3 is 0 Å². The monoisotopic (exact) mass is 241 g/mol. The Morgan fingerprint density at radius 3 is 2.62 bits per heavy atom. The summed E-state index contributed by atoms with van der Waals surface area (Å²) in [5, 5.41) is 8.65. The van der Waals surface area contributed by atoms with Gasteiger partial charge in [0.25, 0.3) is 0 Å². The minimum absolute atomic E-state index is 0.392. The molecule has 2 rings (SSSR count). The van der Waals surface area contributed by atoms with Crippen LogP contribution in [0.25, 0.3) is 0 Å². The largest absolute Gasteiger partial charge is 0.302 e. The Morgan fingerprint density at radius 1 is 1.31 bits per heavy atom. The Balaban J connectivity index is 1.99. The van der Waals surface area contributed by atoms with Crippen LogP contribution in [0.1, 0.15) is 57.7 Å². The fourth-order valence-electron chi connectivity index (χ4n) is 2.54. The second-order valence-corrected chi connectivity index (χ2v) is 5.41. The maximum absolute atomic E-state index is 6.06. The molecule has 0 atom stereocenters. The van der Waals surface area contributed by atoms with Gasteiger partial charge in [0, 0.05) is 12.5 Å². The second kappa shape index (κ2) is 5.17. The van der Waals surface area contributed by atoms with Gasteiger partial charge in [-0.1, -0.05) is 39.5 Å². The van der Waals surface area contributed by atoms with Crippen LogP contribution in [0.4, 0.5) is 0 Å². The van der Waals surface area contributed by atoms with E-state index in [0.29, 0.717) is 11.2 Å². The van der Waals surface area contributed by atoms with E-state index in [1.54, 1.807) is 0 Å². The van der Waals surface area contributed by atoms with Gasteiger partial charge in [-0.2, -0.15) is 0 Å². The van der Waals surface area contributed by atoms with E-state index in [2.05, 4.69) is 28.6 Å². The van der Waals surface area contributed by atoms with Crippen molar-refractivity contribution in [2.24, 2.45) is 5.92 Å². The molecule has 0 saturated heterocycles. The Bertz CT molecular complexity index is 340. The molecule has 1 aromatic heterocycles. The number of hydrogen-bond acceptors (Lipinski definition) is 2. The summed E-state index contributed by atoms with van der Waals surface area (Å²) < 4.78 is 2.07. The van der Waals surface area contributed by atoms with Crippen molar-refractivity contribution in [2.75, 3.05) is 0 Å². The summed E-state index contributed by atoms with van der Waals surface area (Å²) in [5.41, 5.74) is 0. The zero-order valence-corrected chi connectivity index (χ0v) is 10.9. The van der Waals surface area contributed by atoms with E-state index in [9.17, 15) is 0 Å². The lowest BCUT2D eigenvalue weighted by Crippen LogP contribution is -2.08. The SMILES string of the molecule is CC(C)c1nnc(Cl)n1CCC1CCCC1. The number of halogens is 1. The number of hydrogen-bond donors (Lipinski definition) is 0. The highest BCUT2D eigenvalue weighted by atomic mass is 35.5. The highest BCUT2D eigenvalue weighted by Crippen LogP contribution is 2.29. The van der Waals surface area contributed by atoms with Gasteiger partial charge in [-0.3, -0.25) is 0 Å². The third kappa shape index (κ3) is 2.57. The van der Waals surface area contributed by atoms with E-state index >= 15 is 0 Å². The van der Waals surface area contributed by atoms with Crippen LogP contribution in [0.2, 0.25) is 5.28 Å². The first-order chi connectivity index (χ1) is 7.68. The van der Waals surface area contributed by atoms with Gasteiger partial charge in [0.2, 0.25) is 5.28 Å². The van der Waals surface area contributed by atoms with Gasteiger partial charge in [0.15, 0.2) is 0 Å². The second-order valence-electron chi connectivity index (χ2n) is 5.07. The molecule has 0 radical (unpaired) electrons. The lowest BCUT2D eigenvalue weighted by atomic mass is 10.0. The van der Waals surface area contributed by atoms with Gasteiger partial charge in [-0.25, -0.2) is 0 Å².